The van der Waals surface area contributed by atoms with Crippen LogP contribution in [0.15, 0.2) is 53.5 Å². The van der Waals surface area contributed by atoms with E-state index < -0.39 is 0 Å². The fourth-order valence-electron chi connectivity index (χ4n) is 2.49. The third-order valence-corrected chi connectivity index (χ3v) is 4.12. The number of methoxy groups -OCH3 is 1. The molecule has 148 valence electrons. The van der Waals surface area contributed by atoms with E-state index in [-0.39, 0.29) is 30.0 Å². The molecule has 5 nitrogen and oxygen atoms in total. The normalized spacial score (nSPS) is 12.1. The van der Waals surface area contributed by atoms with Crippen LogP contribution in [0.2, 0.25) is 5.02 Å². The number of ether oxygens (including phenoxy) is 2. The Labute approximate surface area is 183 Å². The highest BCUT2D eigenvalue weighted by Crippen LogP contribution is 2.24. The highest BCUT2D eigenvalue weighted by atomic mass is 127. The Morgan fingerprint density at radius 2 is 1.78 bits per heavy atom. The number of benzene rings is 2. The zero-order valence-corrected chi connectivity index (χ0v) is 19.0. The van der Waals surface area contributed by atoms with Crippen molar-refractivity contribution in [3.05, 3.63) is 64.7 Å². The van der Waals surface area contributed by atoms with E-state index in [0.29, 0.717) is 30.5 Å². The second-order valence-electron chi connectivity index (χ2n) is 5.91. The lowest BCUT2D eigenvalue weighted by Gasteiger charge is -2.18. The Hall–Kier alpha value is -1.51. The highest BCUT2D eigenvalue weighted by Gasteiger charge is 2.08. The lowest BCUT2D eigenvalue weighted by molar-refractivity contribution is 0.179. The maximum absolute atomic E-state index is 6.15. The summed E-state index contributed by atoms with van der Waals surface area (Å²) in [4.78, 5) is 4.25. The summed E-state index contributed by atoms with van der Waals surface area (Å²) in [7, 11) is 3.44. The fourth-order valence-corrected chi connectivity index (χ4v) is 2.68. The van der Waals surface area contributed by atoms with E-state index in [1.807, 2.05) is 43.3 Å². The minimum absolute atomic E-state index is 0. The van der Waals surface area contributed by atoms with E-state index in [2.05, 4.69) is 27.8 Å². The van der Waals surface area contributed by atoms with E-state index in [1.165, 1.54) is 0 Å². The van der Waals surface area contributed by atoms with Crippen LogP contribution in [0.25, 0.3) is 0 Å². The van der Waals surface area contributed by atoms with Gasteiger partial charge in [-0.1, -0.05) is 48.0 Å². The number of nitrogens with one attached hydrogen (secondary N) is 2. The minimum Gasteiger partial charge on any atom is -0.487 e. The predicted octanol–water partition coefficient (Wildman–Crippen LogP) is 4.24. The van der Waals surface area contributed by atoms with Crippen molar-refractivity contribution in [3.63, 3.8) is 0 Å². The molecule has 2 aromatic rings. The number of halogens is 2. The van der Waals surface area contributed by atoms with Gasteiger partial charge in [0.1, 0.15) is 12.4 Å². The van der Waals surface area contributed by atoms with Crippen molar-refractivity contribution in [2.24, 2.45) is 4.99 Å². The standard InChI is InChI=1S/C20H26ClN3O2.HI/c1-15(13-25-3)24-20(22-2)23-12-16-8-4-5-9-17(16)14-26-19-11-7-6-10-18(19)21;/h4-11,15H,12-14H2,1-3H3,(H2,22,23,24);1H. The Bertz CT molecular complexity index is 728. The largest absolute Gasteiger partial charge is 0.487 e. The summed E-state index contributed by atoms with van der Waals surface area (Å²) in [6.45, 7) is 3.75. The van der Waals surface area contributed by atoms with Gasteiger partial charge in [-0.3, -0.25) is 4.99 Å². The van der Waals surface area contributed by atoms with E-state index in [4.69, 9.17) is 21.1 Å². The average molecular weight is 504 g/mol. The number of hydrogen-bond donors (Lipinski definition) is 2. The molecule has 2 aromatic carbocycles. The topological polar surface area (TPSA) is 54.9 Å². The van der Waals surface area contributed by atoms with Crippen molar-refractivity contribution in [3.8, 4) is 5.75 Å². The smallest absolute Gasteiger partial charge is 0.191 e. The highest BCUT2D eigenvalue weighted by molar-refractivity contribution is 14.0. The van der Waals surface area contributed by atoms with Gasteiger partial charge in [0, 0.05) is 26.7 Å². The molecule has 0 aromatic heterocycles. The van der Waals surface area contributed by atoms with Gasteiger partial charge in [0.15, 0.2) is 5.96 Å². The maximum Gasteiger partial charge on any atom is 0.191 e. The first-order valence-corrected chi connectivity index (χ1v) is 8.92. The lowest BCUT2D eigenvalue weighted by Crippen LogP contribution is -2.43. The van der Waals surface area contributed by atoms with Crippen molar-refractivity contribution in [2.75, 3.05) is 20.8 Å². The Kier molecular flexibility index (Phi) is 11.2. The molecule has 27 heavy (non-hydrogen) atoms. The molecule has 0 fully saturated rings. The third kappa shape index (κ3) is 7.94. The molecule has 0 heterocycles. The molecule has 0 saturated heterocycles. The summed E-state index contributed by atoms with van der Waals surface area (Å²) < 4.78 is 11.0. The van der Waals surface area contributed by atoms with Gasteiger partial charge in [-0.2, -0.15) is 0 Å². The van der Waals surface area contributed by atoms with Gasteiger partial charge in [0.2, 0.25) is 0 Å². The van der Waals surface area contributed by atoms with Crippen LogP contribution in [0, 0.1) is 0 Å². The first-order chi connectivity index (χ1) is 12.6. The predicted molar refractivity (Wildman–Crippen MR) is 122 cm³/mol. The van der Waals surface area contributed by atoms with E-state index in [0.717, 1.165) is 17.1 Å². The fraction of sp³-hybridized carbons (Fsp3) is 0.350. The number of aliphatic imine (C=N–C) groups is 1. The minimum atomic E-state index is 0. The summed E-state index contributed by atoms with van der Waals surface area (Å²) in [6.07, 6.45) is 0. The van der Waals surface area contributed by atoms with E-state index in [1.54, 1.807) is 14.2 Å². The summed E-state index contributed by atoms with van der Waals surface area (Å²) in [5.41, 5.74) is 2.24. The number of hydrogen-bond acceptors (Lipinski definition) is 3. The van der Waals surface area contributed by atoms with Gasteiger partial charge < -0.3 is 20.1 Å². The molecule has 0 bridgehead atoms. The Balaban J connectivity index is 0.00000364. The van der Waals surface area contributed by atoms with Crippen LogP contribution in [0.3, 0.4) is 0 Å². The molecule has 0 aliphatic rings. The summed E-state index contributed by atoms with van der Waals surface area (Å²) in [5.74, 6) is 1.42. The Morgan fingerprint density at radius 3 is 2.44 bits per heavy atom. The van der Waals surface area contributed by atoms with Crippen LogP contribution in [0.4, 0.5) is 0 Å². The molecule has 1 atom stereocenters. The van der Waals surface area contributed by atoms with E-state index >= 15 is 0 Å². The van der Waals surface area contributed by atoms with Crippen LogP contribution >= 0.6 is 35.6 Å². The molecule has 0 aliphatic carbocycles. The van der Waals surface area contributed by atoms with Crippen molar-refractivity contribution in [1.82, 2.24) is 10.6 Å². The first kappa shape index (κ1) is 23.5. The molecule has 1 unspecified atom stereocenters. The number of nitrogens with zero attached hydrogens (tertiary/aromatic N) is 1. The van der Waals surface area contributed by atoms with Crippen LogP contribution in [0.1, 0.15) is 18.1 Å². The van der Waals surface area contributed by atoms with Gasteiger partial charge >= 0.3 is 0 Å². The molecule has 0 saturated carbocycles. The Morgan fingerprint density at radius 1 is 1.11 bits per heavy atom. The molecule has 2 rings (SSSR count). The molecular formula is C20H27ClIN3O2. The molecule has 0 amide bonds. The van der Waals surface area contributed by atoms with Gasteiger partial charge in [-0.25, -0.2) is 0 Å². The maximum atomic E-state index is 6.15. The molecule has 0 spiro atoms. The SMILES string of the molecule is CN=C(NCc1ccccc1COc1ccccc1Cl)NC(C)COC.I. The van der Waals surface area contributed by atoms with E-state index in [9.17, 15) is 0 Å². The van der Waals surface area contributed by atoms with Crippen molar-refractivity contribution >= 4 is 41.5 Å². The molecular weight excluding hydrogens is 477 g/mol. The van der Waals surface area contributed by atoms with Gasteiger partial charge in [-0.15, -0.1) is 24.0 Å². The zero-order chi connectivity index (χ0) is 18.8. The molecule has 0 aliphatic heterocycles. The lowest BCUT2D eigenvalue weighted by atomic mass is 10.1. The van der Waals surface area contributed by atoms with Gasteiger partial charge in [-0.05, 0) is 30.2 Å². The second-order valence-corrected chi connectivity index (χ2v) is 6.32. The van der Waals surface area contributed by atoms with Crippen LogP contribution in [0.5, 0.6) is 5.75 Å². The van der Waals surface area contributed by atoms with Gasteiger partial charge in [0.05, 0.1) is 11.6 Å². The zero-order valence-electron chi connectivity index (χ0n) is 15.9. The first-order valence-electron chi connectivity index (χ1n) is 8.54. The number of para-hydroxylation sites is 1. The van der Waals surface area contributed by atoms with Crippen molar-refractivity contribution < 1.29 is 9.47 Å². The van der Waals surface area contributed by atoms with Crippen molar-refractivity contribution in [1.29, 1.82) is 0 Å². The third-order valence-electron chi connectivity index (χ3n) is 3.81. The summed E-state index contributed by atoms with van der Waals surface area (Å²) in [6, 6.07) is 15.8. The summed E-state index contributed by atoms with van der Waals surface area (Å²) >= 11 is 6.15. The number of guanidine groups is 1. The summed E-state index contributed by atoms with van der Waals surface area (Å²) in [5, 5.41) is 7.23. The van der Waals surface area contributed by atoms with Crippen molar-refractivity contribution in [2.45, 2.75) is 26.1 Å². The molecule has 0 radical (unpaired) electrons. The van der Waals surface area contributed by atoms with Crippen LogP contribution < -0.4 is 15.4 Å². The van der Waals surface area contributed by atoms with Crippen LogP contribution in [-0.2, 0) is 17.9 Å². The number of rotatable bonds is 8. The van der Waals surface area contributed by atoms with Gasteiger partial charge in [0.25, 0.3) is 0 Å². The monoisotopic (exact) mass is 503 g/mol. The average Bonchev–Trinajstić information content (AvgIpc) is 2.65. The second kappa shape index (κ2) is 12.8. The molecule has 2 N–H and O–H groups in total. The quantitative estimate of drug-likeness (QED) is 0.321. The van der Waals surface area contributed by atoms with Crippen LogP contribution in [-0.4, -0.2) is 32.8 Å². The molecule has 7 heteroatoms.